The van der Waals surface area contributed by atoms with E-state index >= 15 is 0 Å². The standard InChI is InChI=1S/C24H27FN2O4/c1-30-20-10-9-16(12-21(20)31-2)13-23(29)27-14-18(17-6-3-4-7-19(17)25)24(15-27)11-5-8-22(28)26-24/h3-4,6-7,9-10,12,18H,5,8,11,13-15H2,1-2H3,(H,26,28)/t18-,24+/m0/s1. The number of piperidine rings is 1. The van der Waals surface area contributed by atoms with Crippen LogP contribution in [0.4, 0.5) is 4.39 Å². The van der Waals surface area contributed by atoms with Gasteiger partial charge in [0.15, 0.2) is 11.5 Å². The van der Waals surface area contributed by atoms with Gasteiger partial charge in [0, 0.05) is 25.4 Å². The van der Waals surface area contributed by atoms with E-state index in [1.165, 1.54) is 6.07 Å². The monoisotopic (exact) mass is 426 g/mol. The third-order valence-corrected chi connectivity index (χ3v) is 6.39. The first-order valence-corrected chi connectivity index (χ1v) is 10.5. The Bertz CT molecular complexity index is 995. The number of rotatable bonds is 5. The lowest BCUT2D eigenvalue weighted by Gasteiger charge is -2.39. The molecule has 2 heterocycles. The first-order valence-electron chi connectivity index (χ1n) is 10.5. The van der Waals surface area contributed by atoms with Gasteiger partial charge in [-0.25, -0.2) is 4.39 Å². The lowest BCUT2D eigenvalue weighted by Crippen LogP contribution is -2.56. The van der Waals surface area contributed by atoms with Crippen LogP contribution in [0.1, 0.15) is 36.3 Å². The number of nitrogens with one attached hydrogen (secondary N) is 1. The van der Waals surface area contributed by atoms with Crippen LogP contribution in [-0.2, 0) is 16.0 Å². The second-order valence-corrected chi connectivity index (χ2v) is 8.27. The number of hydrogen-bond donors (Lipinski definition) is 1. The van der Waals surface area contributed by atoms with Crippen LogP contribution < -0.4 is 14.8 Å². The highest BCUT2D eigenvalue weighted by atomic mass is 19.1. The van der Waals surface area contributed by atoms with Gasteiger partial charge in [-0.2, -0.15) is 0 Å². The molecule has 1 N–H and O–H groups in total. The van der Waals surface area contributed by atoms with Gasteiger partial charge in [0.2, 0.25) is 11.8 Å². The molecule has 2 saturated heterocycles. The highest BCUT2D eigenvalue weighted by Crippen LogP contribution is 2.42. The van der Waals surface area contributed by atoms with Crippen molar-refractivity contribution in [3.05, 3.63) is 59.4 Å². The summed E-state index contributed by atoms with van der Waals surface area (Å²) in [7, 11) is 3.12. The van der Waals surface area contributed by atoms with Crippen LogP contribution in [0, 0.1) is 5.82 Å². The maximum absolute atomic E-state index is 14.7. The summed E-state index contributed by atoms with van der Waals surface area (Å²) in [6.07, 6.45) is 2.10. The molecule has 2 aromatic rings. The zero-order valence-electron chi connectivity index (χ0n) is 17.8. The molecule has 1 spiro atoms. The van der Waals surface area contributed by atoms with E-state index in [9.17, 15) is 14.0 Å². The highest BCUT2D eigenvalue weighted by Gasteiger charge is 2.51. The van der Waals surface area contributed by atoms with E-state index in [4.69, 9.17) is 9.47 Å². The maximum atomic E-state index is 14.7. The summed E-state index contributed by atoms with van der Waals surface area (Å²) < 4.78 is 25.3. The number of hydrogen-bond acceptors (Lipinski definition) is 4. The molecule has 0 saturated carbocycles. The summed E-state index contributed by atoms with van der Waals surface area (Å²) in [5, 5.41) is 3.11. The summed E-state index contributed by atoms with van der Waals surface area (Å²) in [6.45, 7) is 0.747. The molecule has 2 aliphatic heterocycles. The quantitative estimate of drug-likeness (QED) is 0.798. The number of methoxy groups -OCH3 is 2. The second-order valence-electron chi connectivity index (χ2n) is 8.27. The van der Waals surface area contributed by atoms with Gasteiger partial charge in [-0.15, -0.1) is 0 Å². The fourth-order valence-corrected chi connectivity index (χ4v) is 4.88. The minimum absolute atomic E-state index is 0.0400. The molecule has 6 nitrogen and oxygen atoms in total. The van der Waals surface area contributed by atoms with E-state index in [-0.39, 0.29) is 30.0 Å². The van der Waals surface area contributed by atoms with Crippen LogP contribution in [0.3, 0.4) is 0 Å². The lowest BCUT2D eigenvalue weighted by atomic mass is 9.76. The molecular weight excluding hydrogens is 399 g/mol. The van der Waals surface area contributed by atoms with Gasteiger partial charge in [0.1, 0.15) is 5.82 Å². The normalized spacial score (nSPS) is 23.0. The number of carbonyl (C=O) groups is 2. The average molecular weight is 426 g/mol. The van der Waals surface area contributed by atoms with Crippen molar-refractivity contribution in [2.24, 2.45) is 0 Å². The van der Waals surface area contributed by atoms with E-state index in [0.29, 0.717) is 36.6 Å². The largest absolute Gasteiger partial charge is 0.493 e. The predicted octanol–water partition coefficient (Wildman–Crippen LogP) is 3.05. The summed E-state index contributed by atoms with van der Waals surface area (Å²) in [5.41, 5.74) is 0.718. The van der Waals surface area contributed by atoms with Crippen molar-refractivity contribution in [2.75, 3.05) is 27.3 Å². The number of likely N-dealkylation sites (tertiary alicyclic amines) is 1. The highest BCUT2D eigenvalue weighted by molar-refractivity contribution is 5.81. The Labute approximate surface area is 181 Å². The fraction of sp³-hybridized carbons (Fsp3) is 0.417. The van der Waals surface area contributed by atoms with E-state index in [2.05, 4.69) is 5.32 Å². The molecule has 31 heavy (non-hydrogen) atoms. The van der Waals surface area contributed by atoms with Crippen molar-refractivity contribution in [1.29, 1.82) is 0 Å². The molecule has 0 radical (unpaired) electrons. The molecule has 2 fully saturated rings. The zero-order chi connectivity index (χ0) is 22.0. The van der Waals surface area contributed by atoms with Crippen LogP contribution in [0.25, 0.3) is 0 Å². The Morgan fingerprint density at radius 3 is 2.68 bits per heavy atom. The molecule has 164 valence electrons. The Balaban J connectivity index is 1.59. The molecule has 2 amide bonds. The first-order chi connectivity index (χ1) is 15.0. The third-order valence-electron chi connectivity index (χ3n) is 6.39. The van der Waals surface area contributed by atoms with Crippen LogP contribution >= 0.6 is 0 Å². The van der Waals surface area contributed by atoms with Crippen LogP contribution in [0.5, 0.6) is 11.5 Å². The second kappa shape index (κ2) is 8.57. The molecule has 2 atom stereocenters. The molecule has 0 aromatic heterocycles. The Morgan fingerprint density at radius 1 is 1.19 bits per heavy atom. The van der Waals surface area contributed by atoms with Gasteiger partial charge in [-0.1, -0.05) is 24.3 Å². The maximum Gasteiger partial charge on any atom is 0.227 e. The Kier molecular flexibility index (Phi) is 5.85. The summed E-state index contributed by atoms with van der Waals surface area (Å²) >= 11 is 0. The van der Waals surface area contributed by atoms with Crippen LogP contribution in [0.2, 0.25) is 0 Å². The summed E-state index contributed by atoms with van der Waals surface area (Å²) in [6, 6.07) is 12.0. The number of amides is 2. The lowest BCUT2D eigenvalue weighted by molar-refractivity contribution is -0.131. The van der Waals surface area contributed by atoms with Crippen molar-refractivity contribution in [3.8, 4) is 11.5 Å². The molecule has 0 unspecified atom stereocenters. The fourth-order valence-electron chi connectivity index (χ4n) is 4.88. The summed E-state index contributed by atoms with van der Waals surface area (Å²) in [4.78, 5) is 27.2. The number of carbonyl (C=O) groups excluding carboxylic acids is 2. The van der Waals surface area contributed by atoms with Crippen molar-refractivity contribution in [2.45, 2.75) is 37.1 Å². The van der Waals surface area contributed by atoms with E-state index in [1.807, 2.05) is 6.07 Å². The molecule has 0 aliphatic carbocycles. The molecule has 4 rings (SSSR count). The molecule has 0 bridgehead atoms. The van der Waals surface area contributed by atoms with E-state index in [1.54, 1.807) is 49.5 Å². The van der Waals surface area contributed by atoms with E-state index < -0.39 is 5.54 Å². The van der Waals surface area contributed by atoms with Gasteiger partial charge in [0.25, 0.3) is 0 Å². The number of halogens is 1. The first kappa shape index (κ1) is 21.2. The smallest absolute Gasteiger partial charge is 0.227 e. The van der Waals surface area contributed by atoms with Gasteiger partial charge >= 0.3 is 0 Å². The third kappa shape index (κ3) is 4.09. The predicted molar refractivity (Wildman–Crippen MR) is 114 cm³/mol. The van der Waals surface area contributed by atoms with Crippen LogP contribution in [0.15, 0.2) is 42.5 Å². The zero-order valence-corrected chi connectivity index (χ0v) is 17.8. The number of benzene rings is 2. The molecular formula is C24H27FN2O4. The molecule has 2 aliphatic rings. The van der Waals surface area contributed by atoms with E-state index in [0.717, 1.165) is 18.4 Å². The van der Waals surface area contributed by atoms with Gasteiger partial charge in [-0.05, 0) is 42.2 Å². The minimum atomic E-state index is -0.634. The van der Waals surface area contributed by atoms with Crippen molar-refractivity contribution in [1.82, 2.24) is 10.2 Å². The molecule has 7 heteroatoms. The summed E-state index contributed by atoms with van der Waals surface area (Å²) in [5.74, 6) is 0.470. The van der Waals surface area contributed by atoms with Crippen molar-refractivity contribution in [3.63, 3.8) is 0 Å². The SMILES string of the molecule is COc1ccc(CC(=O)N2C[C@@H](c3ccccc3F)[C@@]3(CCCC(=O)N3)C2)cc1OC. The number of ether oxygens (including phenoxy) is 2. The number of nitrogens with zero attached hydrogens (tertiary/aromatic N) is 1. The van der Waals surface area contributed by atoms with Gasteiger partial charge < -0.3 is 19.7 Å². The average Bonchev–Trinajstić information content (AvgIpc) is 3.12. The minimum Gasteiger partial charge on any atom is -0.493 e. The van der Waals surface area contributed by atoms with Crippen molar-refractivity contribution >= 4 is 11.8 Å². The van der Waals surface area contributed by atoms with Crippen LogP contribution in [-0.4, -0.2) is 49.6 Å². The Morgan fingerprint density at radius 2 is 1.97 bits per heavy atom. The van der Waals surface area contributed by atoms with Crippen molar-refractivity contribution < 1.29 is 23.5 Å². The van der Waals surface area contributed by atoms with Gasteiger partial charge in [-0.3, -0.25) is 9.59 Å². The molecule has 2 aromatic carbocycles. The topological polar surface area (TPSA) is 67.9 Å². The van der Waals surface area contributed by atoms with Gasteiger partial charge in [0.05, 0.1) is 26.2 Å². The Hall–Kier alpha value is -3.09.